The van der Waals surface area contributed by atoms with Gasteiger partial charge in [0.1, 0.15) is 5.75 Å². The van der Waals surface area contributed by atoms with Gasteiger partial charge in [0.15, 0.2) is 0 Å². The molecule has 1 aromatic carbocycles. The van der Waals surface area contributed by atoms with E-state index in [0.29, 0.717) is 11.7 Å². The van der Waals surface area contributed by atoms with E-state index < -0.39 is 0 Å². The van der Waals surface area contributed by atoms with Crippen molar-refractivity contribution in [3.8, 4) is 5.75 Å². The highest BCUT2D eigenvalue weighted by Crippen LogP contribution is 2.23. The normalized spacial score (nSPS) is 19.6. The standard InChI is InChI=1S/C16H18O/c1-12-5-3-4-6-15(12)9-7-14-8-10-16(17)13(2)11-14/h3-4,6-12,17H,5H2,1-2H3/b9-7+. The summed E-state index contributed by atoms with van der Waals surface area (Å²) in [5, 5.41) is 9.46. The molecule has 1 N–H and O–H groups in total. The van der Waals surface area contributed by atoms with Gasteiger partial charge in [0.05, 0.1) is 0 Å². The Labute approximate surface area is 103 Å². The van der Waals surface area contributed by atoms with E-state index in [1.807, 2.05) is 19.1 Å². The molecule has 0 bridgehead atoms. The minimum absolute atomic E-state index is 0.357. The summed E-state index contributed by atoms with van der Waals surface area (Å²) in [6, 6.07) is 5.67. The van der Waals surface area contributed by atoms with Gasteiger partial charge in [0.2, 0.25) is 0 Å². The van der Waals surface area contributed by atoms with Crippen molar-refractivity contribution in [2.24, 2.45) is 5.92 Å². The number of benzene rings is 1. The molecule has 88 valence electrons. The highest BCUT2D eigenvalue weighted by molar-refractivity contribution is 5.56. The SMILES string of the molecule is Cc1cc(/C=C/C2=CC=CCC2C)ccc1O. The van der Waals surface area contributed by atoms with Crippen molar-refractivity contribution in [2.75, 3.05) is 0 Å². The first-order valence-electron chi connectivity index (χ1n) is 6.01. The number of hydrogen-bond acceptors (Lipinski definition) is 1. The molecule has 1 aromatic rings. The van der Waals surface area contributed by atoms with Gasteiger partial charge in [0, 0.05) is 0 Å². The summed E-state index contributed by atoms with van der Waals surface area (Å²) < 4.78 is 0. The molecule has 0 heterocycles. The Morgan fingerprint density at radius 3 is 2.82 bits per heavy atom. The van der Waals surface area contributed by atoms with Crippen molar-refractivity contribution in [1.82, 2.24) is 0 Å². The van der Waals surface area contributed by atoms with Crippen LogP contribution >= 0.6 is 0 Å². The van der Waals surface area contributed by atoms with Crippen molar-refractivity contribution >= 4 is 6.08 Å². The van der Waals surface area contributed by atoms with E-state index in [0.717, 1.165) is 17.5 Å². The van der Waals surface area contributed by atoms with Gasteiger partial charge in [-0.05, 0) is 48.1 Å². The second-order valence-electron chi connectivity index (χ2n) is 4.61. The van der Waals surface area contributed by atoms with E-state index >= 15 is 0 Å². The Morgan fingerprint density at radius 1 is 1.29 bits per heavy atom. The molecular formula is C16H18O. The second kappa shape index (κ2) is 5.05. The summed E-state index contributed by atoms with van der Waals surface area (Å²) in [5.74, 6) is 0.949. The molecule has 2 rings (SSSR count). The minimum atomic E-state index is 0.357. The molecule has 1 atom stereocenters. The lowest BCUT2D eigenvalue weighted by Crippen LogP contribution is -1.98. The maximum Gasteiger partial charge on any atom is 0.118 e. The quantitative estimate of drug-likeness (QED) is 0.799. The fourth-order valence-corrected chi connectivity index (χ4v) is 1.96. The van der Waals surface area contributed by atoms with Crippen LogP contribution in [0.5, 0.6) is 5.75 Å². The molecule has 1 aliphatic carbocycles. The average Bonchev–Trinajstić information content (AvgIpc) is 2.32. The lowest BCUT2D eigenvalue weighted by Gasteiger charge is -2.13. The van der Waals surface area contributed by atoms with E-state index in [2.05, 4.69) is 37.3 Å². The molecule has 0 spiro atoms. The monoisotopic (exact) mass is 226 g/mol. The maximum absolute atomic E-state index is 9.46. The first kappa shape index (κ1) is 11.7. The van der Waals surface area contributed by atoms with Crippen LogP contribution in [0.3, 0.4) is 0 Å². The second-order valence-corrected chi connectivity index (χ2v) is 4.61. The molecule has 0 fully saturated rings. The fraction of sp³-hybridized carbons (Fsp3) is 0.250. The molecule has 0 amide bonds. The number of rotatable bonds is 2. The van der Waals surface area contributed by atoms with Crippen molar-refractivity contribution in [3.63, 3.8) is 0 Å². The Kier molecular flexibility index (Phi) is 3.48. The van der Waals surface area contributed by atoms with Crippen molar-refractivity contribution in [1.29, 1.82) is 0 Å². The van der Waals surface area contributed by atoms with Crippen LogP contribution in [0, 0.1) is 12.8 Å². The zero-order chi connectivity index (χ0) is 12.3. The van der Waals surface area contributed by atoms with E-state index in [1.165, 1.54) is 5.57 Å². The summed E-state index contributed by atoms with van der Waals surface area (Å²) in [4.78, 5) is 0. The Balaban J connectivity index is 2.17. The molecular weight excluding hydrogens is 208 g/mol. The third kappa shape index (κ3) is 2.88. The van der Waals surface area contributed by atoms with Crippen LogP contribution in [0.2, 0.25) is 0 Å². The number of phenols is 1. The van der Waals surface area contributed by atoms with E-state index in [9.17, 15) is 5.11 Å². The molecule has 0 saturated heterocycles. The van der Waals surface area contributed by atoms with Gasteiger partial charge in [-0.2, -0.15) is 0 Å². The fourth-order valence-electron chi connectivity index (χ4n) is 1.96. The number of phenolic OH excluding ortho intramolecular Hbond substituents is 1. The van der Waals surface area contributed by atoms with Crippen LogP contribution in [0.15, 0.2) is 48.1 Å². The average molecular weight is 226 g/mol. The summed E-state index contributed by atoms with van der Waals surface area (Å²) in [5.41, 5.74) is 3.40. The molecule has 0 saturated carbocycles. The molecule has 1 heteroatoms. The topological polar surface area (TPSA) is 20.2 Å². The Bertz CT molecular complexity index is 492. The number of aromatic hydroxyl groups is 1. The van der Waals surface area contributed by atoms with Gasteiger partial charge in [0.25, 0.3) is 0 Å². The van der Waals surface area contributed by atoms with Crippen LogP contribution < -0.4 is 0 Å². The lowest BCUT2D eigenvalue weighted by molar-refractivity contribution is 0.471. The molecule has 0 aliphatic heterocycles. The third-order valence-electron chi connectivity index (χ3n) is 3.17. The van der Waals surface area contributed by atoms with Gasteiger partial charge in [-0.1, -0.05) is 43.4 Å². The predicted molar refractivity (Wildman–Crippen MR) is 72.9 cm³/mol. The van der Waals surface area contributed by atoms with Crippen molar-refractivity contribution in [2.45, 2.75) is 20.3 Å². The summed E-state index contributed by atoms with van der Waals surface area (Å²) in [7, 11) is 0. The Morgan fingerprint density at radius 2 is 2.12 bits per heavy atom. The van der Waals surface area contributed by atoms with E-state index in [1.54, 1.807) is 6.07 Å². The summed E-state index contributed by atoms with van der Waals surface area (Å²) in [6.45, 7) is 4.15. The van der Waals surface area contributed by atoms with Gasteiger partial charge in [-0.25, -0.2) is 0 Å². The van der Waals surface area contributed by atoms with Crippen molar-refractivity contribution < 1.29 is 5.11 Å². The minimum Gasteiger partial charge on any atom is -0.508 e. The molecule has 1 aliphatic rings. The molecule has 1 nitrogen and oxygen atoms in total. The number of hydrogen-bond donors (Lipinski definition) is 1. The van der Waals surface area contributed by atoms with Crippen LogP contribution in [-0.2, 0) is 0 Å². The van der Waals surface area contributed by atoms with Gasteiger partial charge in [-0.15, -0.1) is 0 Å². The van der Waals surface area contributed by atoms with Crippen LogP contribution in [0.25, 0.3) is 6.08 Å². The van der Waals surface area contributed by atoms with Crippen LogP contribution in [-0.4, -0.2) is 5.11 Å². The van der Waals surface area contributed by atoms with Gasteiger partial charge >= 0.3 is 0 Å². The largest absolute Gasteiger partial charge is 0.508 e. The number of aryl methyl sites for hydroxylation is 1. The molecule has 0 radical (unpaired) electrons. The zero-order valence-electron chi connectivity index (χ0n) is 10.4. The maximum atomic E-state index is 9.46. The predicted octanol–water partition coefficient (Wildman–Crippen LogP) is 4.24. The van der Waals surface area contributed by atoms with E-state index in [-0.39, 0.29) is 0 Å². The highest BCUT2D eigenvalue weighted by Gasteiger charge is 2.06. The first-order valence-corrected chi connectivity index (χ1v) is 6.01. The Hall–Kier alpha value is -1.76. The first-order chi connectivity index (χ1) is 8.16. The van der Waals surface area contributed by atoms with Crippen LogP contribution in [0.4, 0.5) is 0 Å². The zero-order valence-corrected chi connectivity index (χ0v) is 10.4. The number of allylic oxidation sites excluding steroid dienone is 5. The molecule has 1 unspecified atom stereocenters. The molecule has 17 heavy (non-hydrogen) atoms. The van der Waals surface area contributed by atoms with Crippen LogP contribution in [0.1, 0.15) is 24.5 Å². The summed E-state index contributed by atoms with van der Waals surface area (Å²) >= 11 is 0. The summed E-state index contributed by atoms with van der Waals surface area (Å²) in [6.07, 6.45) is 11.9. The smallest absolute Gasteiger partial charge is 0.118 e. The molecule has 0 aromatic heterocycles. The highest BCUT2D eigenvalue weighted by atomic mass is 16.3. The lowest BCUT2D eigenvalue weighted by atomic mass is 9.92. The van der Waals surface area contributed by atoms with Gasteiger partial charge < -0.3 is 5.11 Å². The van der Waals surface area contributed by atoms with Crippen molar-refractivity contribution in [3.05, 3.63) is 59.2 Å². The van der Waals surface area contributed by atoms with Gasteiger partial charge in [-0.3, -0.25) is 0 Å². The third-order valence-corrected chi connectivity index (χ3v) is 3.17. The van der Waals surface area contributed by atoms with E-state index in [4.69, 9.17) is 0 Å².